The number of carbonyl (C=O) groups excluding carboxylic acids is 1. The Morgan fingerprint density at radius 3 is 2.82 bits per heavy atom. The van der Waals surface area contributed by atoms with E-state index in [2.05, 4.69) is 0 Å². The molecule has 1 aliphatic rings. The van der Waals surface area contributed by atoms with Gasteiger partial charge in [0, 0.05) is 12.8 Å². The number of nitrogens with two attached hydrogens (primary N) is 1. The number of nitriles is 1. The molecule has 1 saturated heterocycles. The summed E-state index contributed by atoms with van der Waals surface area (Å²) >= 11 is 0. The summed E-state index contributed by atoms with van der Waals surface area (Å²) in [7, 11) is 0. The van der Waals surface area contributed by atoms with E-state index in [4.69, 9.17) is 16.1 Å². The third-order valence-electron chi connectivity index (χ3n) is 2.67. The van der Waals surface area contributed by atoms with Crippen LogP contribution in [-0.2, 0) is 9.59 Å². The van der Waals surface area contributed by atoms with Crippen molar-refractivity contribution in [3.8, 4) is 6.07 Å². The summed E-state index contributed by atoms with van der Waals surface area (Å²) in [4.78, 5) is 23.2. The highest BCUT2D eigenvalue weighted by Gasteiger charge is 2.37. The molecule has 0 spiro atoms. The number of alkyl halides is 1. The zero-order valence-corrected chi connectivity index (χ0v) is 9.17. The number of carboxylic acid groups (broad SMARTS) is 1. The van der Waals surface area contributed by atoms with E-state index in [1.807, 2.05) is 6.07 Å². The molecule has 0 radical (unpaired) electrons. The van der Waals surface area contributed by atoms with Gasteiger partial charge in [0.2, 0.25) is 5.91 Å². The van der Waals surface area contributed by atoms with Crippen molar-refractivity contribution in [2.24, 2.45) is 5.73 Å². The van der Waals surface area contributed by atoms with Gasteiger partial charge in [-0.3, -0.25) is 9.59 Å². The van der Waals surface area contributed by atoms with Crippen LogP contribution < -0.4 is 5.73 Å². The van der Waals surface area contributed by atoms with Crippen LogP contribution in [0.25, 0.3) is 0 Å². The van der Waals surface area contributed by atoms with Crippen molar-refractivity contribution in [1.29, 1.82) is 5.26 Å². The van der Waals surface area contributed by atoms with Gasteiger partial charge in [-0.15, -0.1) is 0 Å². The SMILES string of the molecule is N#C[C@@H]1C[C@H](F)CN1C(=O)[C@@H](N)CCC(=O)O. The van der Waals surface area contributed by atoms with Gasteiger partial charge in [-0.1, -0.05) is 0 Å². The maximum absolute atomic E-state index is 13.1. The summed E-state index contributed by atoms with van der Waals surface area (Å²) in [6.07, 6.45) is -1.46. The zero-order chi connectivity index (χ0) is 13.0. The first-order chi connectivity index (χ1) is 7.95. The molecule has 6 nitrogen and oxygen atoms in total. The van der Waals surface area contributed by atoms with Crippen LogP contribution in [0.5, 0.6) is 0 Å². The molecule has 17 heavy (non-hydrogen) atoms. The maximum Gasteiger partial charge on any atom is 0.303 e. The Balaban J connectivity index is 2.57. The van der Waals surface area contributed by atoms with Crippen LogP contribution in [0.1, 0.15) is 19.3 Å². The number of rotatable bonds is 4. The summed E-state index contributed by atoms with van der Waals surface area (Å²) in [6, 6.07) is 0.0472. The molecule has 94 valence electrons. The Labute approximate surface area is 97.8 Å². The molecule has 0 unspecified atom stereocenters. The summed E-state index contributed by atoms with van der Waals surface area (Å²) in [6.45, 7) is -0.141. The molecule has 1 rings (SSSR count). The number of amides is 1. The lowest BCUT2D eigenvalue weighted by Gasteiger charge is -2.22. The highest BCUT2D eigenvalue weighted by molar-refractivity contribution is 5.83. The van der Waals surface area contributed by atoms with E-state index in [1.165, 1.54) is 0 Å². The lowest BCUT2D eigenvalue weighted by molar-refractivity contribution is -0.137. The molecule has 0 aromatic heterocycles. The van der Waals surface area contributed by atoms with Gasteiger partial charge in [0.15, 0.2) is 0 Å². The molecule has 3 N–H and O–H groups in total. The lowest BCUT2D eigenvalue weighted by Crippen LogP contribution is -2.46. The van der Waals surface area contributed by atoms with Crippen molar-refractivity contribution in [1.82, 2.24) is 4.90 Å². The number of hydrogen-bond acceptors (Lipinski definition) is 4. The number of nitrogens with zero attached hydrogens (tertiary/aromatic N) is 2. The molecule has 0 aromatic rings. The van der Waals surface area contributed by atoms with Crippen LogP contribution in [0, 0.1) is 11.3 Å². The molecule has 1 heterocycles. The van der Waals surface area contributed by atoms with E-state index in [0.29, 0.717) is 0 Å². The van der Waals surface area contributed by atoms with Crippen LogP contribution >= 0.6 is 0 Å². The van der Waals surface area contributed by atoms with Crippen molar-refractivity contribution in [2.75, 3.05) is 6.54 Å². The molecule has 1 fully saturated rings. The third-order valence-corrected chi connectivity index (χ3v) is 2.67. The average molecular weight is 243 g/mol. The van der Waals surface area contributed by atoms with Crippen LogP contribution in [0.15, 0.2) is 0 Å². The molecule has 0 saturated carbocycles. The van der Waals surface area contributed by atoms with E-state index < -0.39 is 30.1 Å². The minimum Gasteiger partial charge on any atom is -0.481 e. The smallest absolute Gasteiger partial charge is 0.303 e. The number of halogens is 1. The van der Waals surface area contributed by atoms with E-state index in [-0.39, 0.29) is 25.8 Å². The first-order valence-electron chi connectivity index (χ1n) is 5.27. The van der Waals surface area contributed by atoms with Gasteiger partial charge in [0.25, 0.3) is 0 Å². The average Bonchev–Trinajstić information content (AvgIpc) is 2.66. The number of likely N-dealkylation sites (tertiary alicyclic amines) is 1. The van der Waals surface area contributed by atoms with Crippen LogP contribution in [0.3, 0.4) is 0 Å². The van der Waals surface area contributed by atoms with Gasteiger partial charge in [-0.05, 0) is 6.42 Å². The molecule has 1 aliphatic heterocycles. The molecular formula is C10H14FN3O3. The number of hydrogen-bond donors (Lipinski definition) is 2. The predicted octanol–water partition coefficient (Wildman–Crippen LogP) is -0.359. The highest BCUT2D eigenvalue weighted by atomic mass is 19.1. The second-order valence-electron chi connectivity index (χ2n) is 4.01. The molecule has 0 aliphatic carbocycles. The second kappa shape index (κ2) is 5.59. The van der Waals surface area contributed by atoms with Crippen molar-refractivity contribution in [2.45, 2.75) is 37.5 Å². The fourth-order valence-corrected chi connectivity index (χ4v) is 1.77. The minimum absolute atomic E-state index is 0.00606. The van der Waals surface area contributed by atoms with Gasteiger partial charge in [0.05, 0.1) is 18.7 Å². The van der Waals surface area contributed by atoms with E-state index in [1.54, 1.807) is 0 Å². The van der Waals surface area contributed by atoms with Crippen molar-refractivity contribution in [3.63, 3.8) is 0 Å². The Hall–Kier alpha value is -1.68. The molecule has 0 aromatic carbocycles. The largest absolute Gasteiger partial charge is 0.481 e. The molecule has 1 amide bonds. The zero-order valence-electron chi connectivity index (χ0n) is 9.17. The van der Waals surface area contributed by atoms with E-state index in [9.17, 15) is 14.0 Å². The van der Waals surface area contributed by atoms with Gasteiger partial charge >= 0.3 is 5.97 Å². The molecule has 3 atom stereocenters. The van der Waals surface area contributed by atoms with Gasteiger partial charge in [-0.2, -0.15) is 5.26 Å². The van der Waals surface area contributed by atoms with Crippen molar-refractivity contribution in [3.05, 3.63) is 0 Å². The Kier molecular flexibility index (Phi) is 4.40. The summed E-state index contributed by atoms with van der Waals surface area (Å²) < 4.78 is 13.1. The van der Waals surface area contributed by atoms with Crippen LogP contribution in [0.2, 0.25) is 0 Å². The summed E-state index contributed by atoms with van der Waals surface area (Å²) in [5, 5.41) is 17.2. The molecular weight excluding hydrogens is 229 g/mol. The normalized spacial score (nSPS) is 25.4. The molecule has 7 heteroatoms. The number of carboxylic acids is 1. The predicted molar refractivity (Wildman–Crippen MR) is 55.5 cm³/mol. The Bertz CT molecular complexity index is 355. The lowest BCUT2D eigenvalue weighted by atomic mass is 10.1. The number of aliphatic carboxylic acids is 1. The topological polar surface area (TPSA) is 107 Å². The van der Waals surface area contributed by atoms with E-state index in [0.717, 1.165) is 4.90 Å². The van der Waals surface area contributed by atoms with Crippen LogP contribution in [0.4, 0.5) is 4.39 Å². The third kappa shape index (κ3) is 3.39. The van der Waals surface area contributed by atoms with Gasteiger partial charge in [-0.25, -0.2) is 4.39 Å². The monoisotopic (exact) mass is 243 g/mol. The first-order valence-corrected chi connectivity index (χ1v) is 5.27. The Morgan fingerprint density at radius 1 is 1.65 bits per heavy atom. The summed E-state index contributed by atoms with van der Waals surface area (Å²) in [5.41, 5.74) is 5.52. The maximum atomic E-state index is 13.1. The van der Waals surface area contributed by atoms with Crippen LogP contribution in [-0.4, -0.2) is 46.7 Å². The van der Waals surface area contributed by atoms with Gasteiger partial charge < -0.3 is 15.7 Å². The Morgan fingerprint density at radius 2 is 2.29 bits per heavy atom. The summed E-state index contributed by atoms with van der Waals surface area (Å²) in [5.74, 6) is -1.60. The number of carbonyl (C=O) groups is 2. The fourth-order valence-electron chi connectivity index (χ4n) is 1.77. The highest BCUT2D eigenvalue weighted by Crippen LogP contribution is 2.21. The first kappa shape index (κ1) is 13.4. The quantitative estimate of drug-likeness (QED) is 0.701. The minimum atomic E-state index is -1.21. The fraction of sp³-hybridized carbons (Fsp3) is 0.700. The molecule has 0 bridgehead atoms. The van der Waals surface area contributed by atoms with Crippen molar-refractivity contribution >= 4 is 11.9 Å². The van der Waals surface area contributed by atoms with Gasteiger partial charge in [0.1, 0.15) is 12.2 Å². The van der Waals surface area contributed by atoms with Crippen molar-refractivity contribution < 1.29 is 19.1 Å². The standard InChI is InChI=1S/C10H14FN3O3/c11-6-3-7(4-12)14(5-6)10(17)8(13)1-2-9(15)16/h6-8H,1-3,5,13H2,(H,15,16)/t6-,7-,8-/m0/s1. The second-order valence-corrected chi connectivity index (χ2v) is 4.01. The van der Waals surface area contributed by atoms with E-state index >= 15 is 0 Å².